The second-order valence-corrected chi connectivity index (χ2v) is 6.47. The maximum Gasteiger partial charge on any atom is 0.263 e. The first-order valence-electron chi connectivity index (χ1n) is 6.27. The highest BCUT2D eigenvalue weighted by molar-refractivity contribution is 7.92. The maximum atomic E-state index is 12.3. The van der Waals surface area contributed by atoms with Crippen LogP contribution in [0.3, 0.4) is 0 Å². The first kappa shape index (κ1) is 15.4. The third-order valence-corrected chi connectivity index (χ3v) is 4.83. The quantitative estimate of drug-likeness (QED) is 0.936. The van der Waals surface area contributed by atoms with Gasteiger partial charge in [-0.2, -0.15) is 5.26 Å². The summed E-state index contributed by atoms with van der Waals surface area (Å²) in [5.41, 5.74) is 1.80. The molecule has 0 saturated carbocycles. The van der Waals surface area contributed by atoms with Gasteiger partial charge < -0.3 is 0 Å². The number of halogens is 1. The predicted molar refractivity (Wildman–Crippen MR) is 82.8 cm³/mol. The molecule has 108 valence electrons. The van der Waals surface area contributed by atoms with Crippen molar-refractivity contribution in [3.63, 3.8) is 0 Å². The summed E-state index contributed by atoms with van der Waals surface area (Å²) in [5, 5.41) is 8.93. The molecule has 0 fully saturated rings. The Kier molecular flexibility index (Phi) is 4.51. The summed E-state index contributed by atoms with van der Waals surface area (Å²) < 4.78 is 27.1. The lowest BCUT2D eigenvalue weighted by Gasteiger charge is -2.10. The summed E-state index contributed by atoms with van der Waals surface area (Å²) in [7, 11) is -3.83. The van der Waals surface area contributed by atoms with Crippen molar-refractivity contribution in [2.45, 2.75) is 18.2 Å². The molecule has 0 heterocycles. The fraction of sp³-hybridized carbons (Fsp3) is 0.133. The Morgan fingerprint density at radius 2 is 1.86 bits per heavy atom. The monoisotopic (exact) mass is 320 g/mol. The highest BCUT2D eigenvalue weighted by Gasteiger charge is 2.18. The normalized spacial score (nSPS) is 10.9. The summed E-state index contributed by atoms with van der Waals surface area (Å²) in [6, 6.07) is 13.1. The SMILES string of the molecule is CCc1ccc(NS(=O)(=O)c2cc(C#N)ccc2Cl)cc1. The molecule has 0 saturated heterocycles. The van der Waals surface area contributed by atoms with Gasteiger partial charge in [-0.1, -0.05) is 30.7 Å². The Morgan fingerprint density at radius 3 is 2.43 bits per heavy atom. The highest BCUT2D eigenvalue weighted by atomic mass is 35.5. The van der Waals surface area contributed by atoms with E-state index in [0.717, 1.165) is 12.0 Å². The standard InChI is InChI=1S/C15H13ClN2O2S/c1-2-11-3-6-13(7-4-11)18-21(19,20)15-9-12(10-17)5-8-14(15)16/h3-9,18H,2H2,1H3. The van der Waals surface area contributed by atoms with E-state index in [9.17, 15) is 8.42 Å². The highest BCUT2D eigenvalue weighted by Crippen LogP contribution is 2.25. The molecule has 0 atom stereocenters. The van der Waals surface area contributed by atoms with Crippen LogP contribution in [0.5, 0.6) is 0 Å². The number of anilines is 1. The Labute approximate surface area is 129 Å². The zero-order valence-electron chi connectivity index (χ0n) is 11.3. The zero-order chi connectivity index (χ0) is 15.5. The number of nitrogens with one attached hydrogen (secondary N) is 1. The topological polar surface area (TPSA) is 70.0 Å². The van der Waals surface area contributed by atoms with Crippen molar-refractivity contribution in [2.75, 3.05) is 4.72 Å². The van der Waals surface area contributed by atoms with Gasteiger partial charge in [0.1, 0.15) is 4.90 Å². The van der Waals surface area contributed by atoms with Crippen LogP contribution in [-0.4, -0.2) is 8.42 Å². The van der Waals surface area contributed by atoms with Crippen LogP contribution < -0.4 is 4.72 Å². The number of benzene rings is 2. The van der Waals surface area contributed by atoms with E-state index in [1.807, 2.05) is 25.1 Å². The van der Waals surface area contributed by atoms with Gasteiger partial charge in [0.25, 0.3) is 10.0 Å². The first-order valence-corrected chi connectivity index (χ1v) is 8.14. The summed E-state index contributed by atoms with van der Waals surface area (Å²) in [4.78, 5) is -0.109. The van der Waals surface area contributed by atoms with Crippen molar-refractivity contribution in [3.05, 3.63) is 58.6 Å². The molecule has 0 aliphatic rings. The van der Waals surface area contributed by atoms with E-state index >= 15 is 0 Å². The van der Waals surface area contributed by atoms with Crippen LogP contribution in [0.2, 0.25) is 5.02 Å². The first-order chi connectivity index (χ1) is 9.96. The molecule has 0 aliphatic carbocycles. The molecule has 0 radical (unpaired) electrons. The average Bonchev–Trinajstić information content (AvgIpc) is 2.48. The smallest absolute Gasteiger partial charge is 0.263 e. The number of nitrogens with zero attached hydrogens (tertiary/aromatic N) is 1. The second kappa shape index (κ2) is 6.17. The van der Waals surface area contributed by atoms with Gasteiger partial charge in [0.2, 0.25) is 0 Å². The largest absolute Gasteiger partial charge is 0.280 e. The van der Waals surface area contributed by atoms with Crippen molar-refractivity contribution >= 4 is 27.3 Å². The van der Waals surface area contributed by atoms with E-state index in [2.05, 4.69) is 4.72 Å². The molecule has 4 nitrogen and oxygen atoms in total. The van der Waals surface area contributed by atoms with E-state index in [1.54, 1.807) is 12.1 Å². The lowest BCUT2D eigenvalue weighted by Crippen LogP contribution is -2.13. The molecular weight excluding hydrogens is 308 g/mol. The molecule has 2 aromatic rings. The number of hydrogen-bond acceptors (Lipinski definition) is 3. The van der Waals surface area contributed by atoms with Gasteiger partial charge in [-0.15, -0.1) is 0 Å². The average molecular weight is 321 g/mol. The van der Waals surface area contributed by atoms with Crippen LogP contribution in [0, 0.1) is 11.3 Å². The van der Waals surface area contributed by atoms with Gasteiger partial charge in [-0.25, -0.2) is 8.42 Å². The Bertz CT molecular complexity index is 793. The number of aryl methyl sites for hydroxylation is 1. The van der Waals surface area contributed by atoms with Gasteiger partial charge in [0, 0.05) is 5.69 Å². The summed E-state index contributed by atoms with van der Waals surface area (Å²) in [5.74, 6) is 0. The van der Waals surface area contributed by atoms with Crippen LogP contribution in [0.4, 0.5) is 5.69 Å². The molecule has 0 aromatic heterocycles. The Morgan fingerprint density at radius 1 is 1.19 bits per heavy atom. The molecule has 0 unspecified atom stereocenters. The fourth-order valence-corrected chi connectivity index (χ4v) is 3.38. The summed E-state index contributed by atoms with van der Waals surface area (Å²) >= 11 is 5.92. The molecule has 2 aromatic carbocycles. The lowest BCUT2D eigenvalue weighted by atomic mass is 10.2. The van der Waals surface area contributed by atoms with E-state index < -0.39 is 10.0 Å². The van der Waals surface area contributed by atoms with Gasteiger partial charge in [-0.3, -0.25) is 4.72 Å². The van der Waals surface area contributed by atoms with Crippen molar-refractivity contribution in [1.29, 1.82) is 5.26 Å². The molecule has 0 bridgehead atoms. The van der Waals surface area contributed by atoms with Crippen LogP contribution in [-0.2, 0) is 16.4 Å². The van der Waals surface area contributed by atoms with E-state index in [-0.39, 0.29) is 15.5 Å². The van der Waals surface area contributed by atoms with E-state index in [4.69, 9.17) is 16.9 Å². The van der Waals surface area contributed by atoms with E-state index in [1.165, 1.54) is 18.2 Å². The number of sulfonamides is 1. The molecule has 0 amide bonds. The van der Waals surface area contributed by atoms with Crippen molar-refractivity contribution in [3.8, 4) is 6.07 Å². The molecule has 0 aliphatic heterocycles. The third kappa shape index (κ3) is 3.54. The zero-order valence-corrected chi connectivity index (χ0v) is 12.9. The van der Waals surface area contributed by atoms with Crippen LogP contribution >= 0.6 is 11.6 Å². The molecule has 1 N–H and O–H groups in total. The minimum atomic E-state index is -3.83. The van der Waals surface area contributed by atoms with Gasteiger partial charge >= 0.3 is 0 Å². The van der Waals surface area contributed by atoms with Gasteiger partial charge in [0.05, 0.1) is 16.7 Å². The van der Waals surface area contributed by atoms with Crippen molar-refractivity contribution in [1.82, 2.24) is 0 Å². The van der Waals surface area contributed by atoms with E-state index in [0.29, 0.717) is 5.69 Å². The van der Waals surface area contributed by atoms with Gasteiger partial charge in [-0.05, 0) is 42.3 Å². The number of rotatable bonds is 4. The minimum Gasteiger partial charge on any atom is -0.280 e. The molecule has 0 spiro atoms. The van der Waals surface area contributed by atoms with Gasteiger partial charge in [0.15, 0.2) is 0 Å². The molecule has 2 rings (SSSR count). The lowest BCUT2D eigenvalue weighted by molar-refractivity contribution is 0.601. The third-order valence-electron chi connectivity index (χ3n) is 2.96. The van der Waals surface area contributed by atoms with Crippen molar-refractivity contribution in [2.24, 2.45) is 0 Å². The Hall–Kier alpha value is -2.03. The molecule has 21 heavy (non-hydrogen) atoms. The Balaban J connectivity index is 2.36. The second-order valence-electron chi connectivity index (χ2n) is 4.41. The van der Waals surface area contributed by atoms with Crippen molar-refractivity contribution < 1.29 is 8.42 Å². The summed E-state index contributed by atoms with van der Waals surface area (Å²) in [6.07, 6.45) is 0.878. The molecular formula is C15H13ClN2O2S. The molecule has 6 heteroatoms. The van der Waals surface area contributed by atoms with Crippen LogP contribution in [0.15, 0.2) is 47.4 Å². The van der Waals surface area contributed by atoms with Crippen LogP contribution in [0.1, 0.15) is 18.1 Å². The predicted octanol–water partition coefficient (Wildman–Crippen LogP) is 3.57. The minimum absolute atomic E-state index is 0.0756. The summed E-state index contributed by atoms with van der Waals surface area (Å²) in [6.45, 7) is 2.02. The number of hydrogen-bond donors (Lipinski definition) is 1. The fourth-order valence-electron chi connectivity index (χ4n) is 1.80. The van der Waals surface area contributed by atoms with Crippen LogP contribution in [0.25, 0.3) is 0 Å². The maximum absolute atomic E-state index is 12.3. The number of nitriles is 1.